The lowest BCUT2D eigenvalue weighted by atomic mass is 10.1. The number of ether oxygens (including phenoxy) is 2. The van der Waals surface area contributed by atoms with Crippen LogP contribution in [0.2, 0.25) is 0 Å². The van der Waals surface area contributed by atoms with Crippen LogP contribution < -0.4 is 20.5 Å². The van der Waals surface area contributed by atoms with E-state index >= 15 is 0 Å². The van der Waals surface area contributed by atoms with Crippen LogP contribution >= 0.6 is 0 Å². The normalized spacial score (nSPS) is 17.9. The summed E-state index contributed by atoms with van der Waals surface area (Å²) < 4.78 is 89.4. The van der Waals surface area contributed by atoms with Gasteiger partial charge in [0.25, 0.3) is 11.5 Å². The van der Waals surface area contributed by atoms with Crippen LogP contribution in [0.3, 0.4) is 0 Å². The second kappa shape index (κ2) is 11.6. The standard InChI is InChI=1S/C24H24F6N6O4/c1-14(33-17-11-32-34-22(38)20(17)24(28,29)30)13-39-7-2-3-19(37)35-5-6-36-16(12-35)4-8-40-18-9-15(23(25,26)27)10-31-21(18)36/h9-11,14,16H,4-8,12-13H2,1H3,(H2,33,34,38). The van der Waals surface area contributed by atoms with Crippen LogP contribution in [-0.2, 0) is 21.9 Å². The van der Waals surface area contributed by atoms with E-state index in [1.54, 1.807) is 5.10 Å². The van der Waals surface area contributed by atoms with Gasteiger partial charge in [-0.25, -0.2) is 10.1 Å². The number of alkyl halides is 6. The van der Waals surface area contributed by atoms with Crippen LogP contribution in [0.1, 0.15) is 24.5 Å². The zero-order valence-corrected chi connectivity index (χ0v) is 21.0. The third-order valence-electron chi connectivity index (χ3n) is 6.19. The maximum atomic E-state index is 13.1. The molecule has 1 amide bonds. The van der Waals surface area contributed by atoms with Gasteiger partial charge in [-0.2, -0.15) is 31.4 Å². The van der Waals surface area contributed by atoms with E-state index in [-0.39, 0.29) is 44.7 Å². The Labute approximate surface area is 223 Å². The Morgan fingerprint density at radius 2 is 2.02 bits per heavy atom. The number of carbonyl (C=O) groups is 1. The molecule has 2 aromatic rings. The molecule has 2 aliphatic rings. The number of pyridine rings is 1. The van der Waals surface area contributed by atoms with Gasteiger partial charge in [0.1, 0.15) is 12.2 Å². The second-order valence-corrected chi connectivity index (χ2v) is 9.13. The number of H-pyrrole nitrogens is 1. The molecule has 40 heavy (non-hydrogen) atoms. The fourth-order valence-corrected chi connectivity index (χ4v) is 4.36. The third kappa shape index (κ3) is 6.76. The lowest BCUT2D eigenvalue weighted by Crippen LogP contribution is -2.54. The van der Waals surface area contributed by atoms with Gasteiger partial charge in [0.15, 0.2) is 11.6 Å². The molecule has 2 aliphatic heterocycles. The summed E-state index contributed by atoms with van der Waals surface area (Å²) in [6, 6.07) is 0.0568. The summed E-state index contributed by atoms with van der Waals surface area (Å²) in [6.45, 7) is 2.30. The highest BCUT2D eigenvalue weighted by atomic mass is 19.4. The zero-order chi connectivity index (χ0) is 29.1. The van der Waals surface area contributed by atoms with Crippen molar-refractivity contribution in [2.24, 2.45) is 0 Å². The van der Waals surface area contributed by atoms with E-state index in [2.05, 4.69) is 27.2 Å². The van der Waals surface area contributed by atoms with Crippen LogP contribution in [-0.4, -0.2) is 77.5 Å². The molecule has 0 saturated carbocycles. The minimum absolute atomic E-state index is 0.0442. The van der Waals surface area contributed by atoms with E-state index < -0.39 is 46.7 Å². The molecule has 1 fully saturated rings. The lowest BCUT2D eigenvalue weighted by molar-refractivity contribution is -0.138. The smallest absolute Gasteiger partial charge is 0.423 e. The highest BCUT2D eigenvalue weighted by Gasteiger charge is 2.38. The number of aromatic nitrogens is 3. The maximum Gasteiger partial charge on any atom is 0.423 e. The van der Waals surface area contributed by atoms with Crippen molar-refractivity contribution in [1.82, 2.24) is 20.1 Å². The summed E-state index contributed by atoms with van der Waals surface area (Å²) in [4.78, 5) is 31.5. The number of piperazine rings is 1. The number of amides is 1. The maximum absolute atomic E-state index is 13.1. The number of rotatable bonds is 5. The van der Waals surface area contributed by atoms with Crippen molar-refractivity contribution >= 4 is 17.4 Å². The molecule has 4 rings (SSSR count). The summed E-state index contributed by atoms with van der Waals surface area (Å²) in [7, 11) is 0. The molecule has 2 aromatic heterocycles. The molecule has 2 atom stereocenters. The van der Waals surface area contributed by atoms with Crippen molar-refractivity contribution in [2.75, 3.05) is 49.7 Å². The predicted octanol–water partition coefficient (Wildman–Crippen LogP) is 2.52. The van der Waals surface area contributed by atoms with Crippen molar-refractivity contribution in [3.63, 3.8) is 0 Å². The first-order chi connectivity index (χ1) is 18.8. The van der Waals surface area contributed by atoms with E-state index in [1.165, 1.54) is 11.8 Å². The molecule has 0 aliphatic carbocycles. The van der Waals surface area contributed by atoms with E-state index in [9.17, 15) is 35.9 Å². The van der Waals surface area contributed by atoms with Crippen molar-refractivity contribution in [3.05, 3.63) is 39.9 Å². The molecule has 0 aromatic carbocycles. The first-order valence-electron chi connectivity index (χ1n) is 12.1. The predicted molar refractivity (Wildman–Crippen MR) is 129 cm³/mol. The number of hydrogen-bond acceptors (Lipinski definition) is 8. The SMILES string of the molecule is CC(COCC#CC(=O)N1CCN2c3ncc(C(F)(F)F)cc3OCCC2C1)Nc1cn[nH]c(=O)c1C(F)(F)F. The van der Waals surface area contributed by atoms with Gasteiger partial charge in [0.05, 0.1) is 36.7 Å². The van der Waals surface area contributed by atoms with Gasteiger partial charge in [-0.15, -0.1) is 0 Å². The van der Waals surface area contributed by atoms with Gasteiger partial charge >= 0.3 is 12.4 Å². The van der Waals surface area contributed by atoms with Gasteiger partial charge < -0.3 is 24.6 Å². The first kappa shape index (κ1) is 29.0. The number of carbonyl (C=O) groups excluding carboxylic acids is 1. The number of nitrogens with zero attached hydrogens (tertiary/aromatic N) is 4. The molecule has 10 nitrogen and oxygen atoms in total. The molecular weight excluding hydrogens is 550 g/mol. The summed E-state index contributed by atoms with van der Waals surface area (Å²) in [5.41, 5.74) is -4.16. The Balaban J connectivity index is 1.28. The van der Waals surface area contributed by atoms with E-state index in [1.807, 2.05) is 4.90 Å². The minimum Gasteiger partial charge on any atom is -0.490 e. The van der Waals surface area contributed by atoms with Crippen LogP contribution in [0.5, 0.6) is 5.75 Å². The lowest BCUT2D eigenvalue weighted by Gasteiger charge is -2.40. The van der Waals surface area contributed by atoms with E-state index in [4.69, 9.17) is 9.47 Å². The summed E-state index contributed by atoms with van der Waals surface area (Å²) in [5, 5.41) is 7.66. The molecule has 216 valence electrons. The summed E-state index contributed by atoms with van der Waals surface area (Å²) >= 11 is 0. The molecule has 0 spiro atoms. The Morgan fingerprint density at radius 3 is 2.75 bits per heavy atom. The van der Waals surface area contributed by atoms with Crippen molar-refractivity contribution in [2.45, 2.75) is 37.8 Å². The monoisotopic (exact) mass is 574 g/mol. The van der Waals surface area contributed by atoms with Crippen LogP contribution in [0.15, 0.2) is 23.3 Å². The zero-order valence-electron chi connectivity index (χ0n) is 21.0. The van der Waals surface area contributed by atoms with Gasteiger partial charge in [-0.3, -0.25) is 9.59 Å². The Morgan fingerprint density at radius 1 is 1.25 bits per heavy atom. The number of aromatic amines is 1. The molecular formula is C24H24F6N6O4. The van der Waals surface area contributed by atoms with Crippen LogP contribution in [0.4, 0.5) is 37.8 Å². The fourth-order valence-electron chi connectivity index (χ4n) is 4.36. The number of hydrogen-bond donors (Lipinski definition) is 2. The van der Waals surface area contributed by atoms with Gasteiger partial charge in [-0.1, -0.05) is 5.92 Å². The van der Waals surface area contributed by atoms with Crippen molar-refractivity contribution in [3.8, 4) is 17.6 Å². The highest BCUT2D eigenvalue weighted by Crippen LogP contribution is 2.38. The first-order valence-corrected chi connectivity index (χ1v) is 12.1. The van der Waals surface area contributed by atoms with Crippen molar-refractivity contribution in [1.29, 1.82) is 0 Å². The van der Waals surface area contributed by atoms with E-state index in [0.29, 0.717) is 18.8 Å². The molecule has 16 heteroatoms. The van der Waals surface area contributed by atoms with Gasteiger partial charge in [-0.05, 0) is 18.9 Å². The number of anilines is 2. The molecule has 0 radical (unpaired) electrons. The van der Waals surface area contributed by atoms with Crippen molar-refractivity contribution < 1.29 is 40.6 Å². The third-order valence-corrected chi connectivity index (χ3v) is 6.19. The Kier molecular flexibility index (Phi) is 8.43. The summed E-state index contributed by atoms with van der Waals surface area (Å²) in [5.74, 6) is 4.91. The average Bonchev–Trinajstić information content (AvgIpc) is 3.05. The molecule has 0 bridgehead atoms. The Hall–Kier alpha value is -4.00. The molecule has 2 N–H and O–H groups in total. The van der Waals surface area contributed by atoms with Gasteiger partial charge in [0, 0.05) is 38.3 Å². The number of fused-ring (bicyclic) bond motifs is 3. The largest absolute Gasteiger partial charge is 0.490 e. The molecule has 1 saturated heterocycles. The second-order valence-electron chi connectivity index (χ2n) is 9.13. The van der Waals surface area contributed by atoms with E-state index in [0.717, 1.165) is 18.5 Å². The quantitative estimate of drug-likeness (QED) is 0.319. The fraction of sp³-hybridized carbons (Fsp3) is 0.500. The van der Waals surface area contributed by atoms with Gasteiger partial charge in [0.2, 0.25) is 0 Å². The number of nitrogens with one attached hydrogen (secondary N) is 2. The summed E-state index contributed by atoms with van der Waals surface area (Å²) in [6.07, 6.45) is -7.35. The molecule has 4 heterocycles. The van der Waals surface area contributed by atoms with Crippen LogP contribution in [0.25, 0.3) is 0 Å². The minimum atomic E-state index is -4.88. The molecule has 2 unspecified atom stereocenters. The average molecular weight is 574 g/mol. The Bertz CT molecular complexity index is 1350. The van der Waals surface area contributed by atoms with Crippen LogP contribution in [0, 0.1) is 11.8 Å². The highest BCUT2D eigenvalue weighted by molar-refractivity contribution is 5.93. The topological polar surface area (TPSA) is 113 Å². The number of halogens is 6.